The second-order valence-electron chi connectivity index (χ2n) is 2.45. The Morgan fingerprint density at radius 2 is 2.25 bits per heavy atom. The Kier molecular flexibility index (Phi) is 2.61. The zero-order valence-electron chi connectivity index (χ0n) is 6.23. The van der Waals surface area contributed by atoms with Crippen LogP contribution in [0.1, 0.15) is 6.42 Å². The number of primary amides is 1. The van der Waals surface area contributed by atoms with Crippen molar-refractivity contribution in [2.45, 2.75) is 18.6 Å². The summed E-state index contributed by atoms with van der Waals surface area (Å²) in [5.41, 5.74) is 4.60. The summed E-state index contributed by atoms with van der Waals surface area (Å²) < 4.78 is 8.84. The number of aliphatic hydroxyl groups excluding tert-OH is 1. The van der Waals surface area contributed by atoms with Crippen molar-refractivity contribution in [1.29, 1.82) is 0 Å². The van der Waals surface area contributed by atoms with E-state index in [9.17, 15) is 9.59 Å². The smallest absolute Gasteiger partial charge is 0.391 e. The molecule has 6 nitrogen and oxygen atoms in total. The maximum absolute atomic E-state index is 10.8. The third-order valence-corrected chi connectivity index (χ3v) is 1.44. The number of hydrogen-bond acceptors (Lipinski definition) is 5. The molecule has 0 aromatic carbocycles. The molecule has 12 heavy (non-hydrogen) atoms. The number of carbonyl (C=O) groups excluding carboxylic acids is 2. The van der Waals surface area contributed by atoms with Gasteiger partial charge in [0.25, 0.3) is 0 Å². The van der Waals surface area contributed by atoms with Crippen LogP contribution in [0.15, 0.2) is 0 Å². The van der Waals surface area contributed by atoms with Crippen molar-refractivity contribution < 1.29 is 24.2 Å². The first kappa shape index (κ1) is 8.95. The summed E-state index contributed by atoms with van der Waals surface area (Å²) in [4.78, 5) is 21.0. The average molecular weight is 175 g/mol. The predicted molar refractivity (Wildman–Crippen MR) is 36.0 cm³/mol. The average Bonchev–Trinajstić information content (AvgIpc) is 2.34. The molecule has 68 valence electrons. The van der Waals surface area contributed by atoms with E-state index < -0.39 is 24.3 Å². The van der Waals surface area contributed by atoms with Gasteiger partial charge in [0.05, 0.1) is 12.7 Å². The number of aliphatic hydroxyl groups is 1. The second kappa shape index (κ2) is 3.51. The maximum Gasteiger partial charge on any atom is 0.412 e. The van der Waals surface area contributed by atoms with E-state index in [-0.39, 0.29) is 13.0 Å². The van der Waals surface area contributed by atoms with Gasteiger partial charge in [0, 0.05) is 6.42 Å². The molecule has 1 saturated heterocycles. The van der Waals surface area contributed by atoms with Gasteiger partial charge in [-0.25, -0.2) is 9.59 Å². The molecule has 0 radical (unpaired) electrons. The summed E-state index contributed by atoms with van der Waals surface area (Å²) in [6, 6.07) is 0. The Balaban J connectivity index is 2.38. The van der Waals surface area contributed by atoms with Gasteiger partial charge in [-0.1, -0.05) is 0 Å². The SMILES string of the molecule is NC(=O)OC(=O)C1CC(O)CO1. The highest BCUT2D eigenvalue weighted by molar-refractivity contribution is 5.86. The van der Waals surface area contributed by atoms with Crippen molar-refractivity contribution in [3.63, 3.8) is 0 Å². The highest BCUT2D eigenvalue weighted by Crippen LogP contribution is 2.13. The monoisotopic (exact) mass is 175 g/mol. The Morgan fingerprint density at radius 3 is 2.67 bits per heavy atom. The summed E-state index contributed by atoms with van der Waals surface area (Å²) in [6.45, 7) is 0.0819. The lowest BCUT2D eigenvalue weighted by molar-refractivity contribution is -0.147. The van der Waals surface area contributed by atoms with Crippen LogP contribution in [0.3, 0.4) is 0 Å². The Hall–Kier alpha value is -1.14. The van der Waals surface area contributed by atoms with Crippen molar-refractivity contribution in [1.82, 2.24) is 0 Å². The molecule has 0 aromatic heterocycles. The number of carbonyl (C=O) groups is 2. The minimum atomic E-state index is -1.16. The number of amides is 1. The third-order valence-electron chi connectivity index (χ3n) is 1.44. The predicted octanol–water partition coefficient (Wildman–Crippen LogP) is -1.24. The van der Waals surface area contributed by atoms with Gasteiger partial charge in [0.1, 0.15) is 0 Å². The summed E-state index contributed by atoms with van der Waals surface area (Å²) in [5.74, 6) is -0.848. The number of rotatable bonds is 1. The molecule has 0 aromatic rings. The molecule has 1 aliphatic heterocycles. The molecular weight excluding hydrogens is 166 g/mol. The minimum Gasteiger partial charge on any atom is -0.391 e. The molecule has 2 atom stereocenters. The highest BCUT2D eigenvalue weighted by atomic mass is 16.6. The van der Waals surface area contributed by atoms with Crippen LogP contribution in [-0.2, 0) is 14.3 Å². The Bertz CT molecular complexity index is 204. The van der Waals surface area contributed by atoms with E-state index in [0.29, 0.717) is 0 Å². The fourth-order valence-corrected chi connectivity index (χ4v) is 0.940. The summed E-state index contributed by atoms with van der Waals surface area (Å²) >= 11 is 0. The van der Waals surface area contributed by atoms with Gasteiger partial charge in [-0.15, -0.1) is 0 Å². The van der Waals surface area contributed by atoms with Crippen LogP contribution in [0.25, 0.3) is 0 Å². The van der Waals surface area contributed by atoms with E-state index in [2.05, 4.69) is 10.5 Å². The molecular formula is C6H9NO5. The maximum atomic E-state index is 10.8. The molecule has 1 rings (SSSR count). The summed E-state index contributed by atoms with van der Waals surface area (Å²) in [6.07, 6.45) is -2.56. The van der Waals surface area contributed by atoms with Crippen LogP contribution in [0.4, 0.5) is 4.79 Å². The number of ether oxygens (including phenoxy) is 2. The van der Waals surface area contributed by atoms with Crippen LogP contribution in [-0.4, -0.2) is 36.0 Å². The highest BCUT2D eigenvalue weighted by Gasteiger charge is 2.31. The van der Waals surface area contributed by atoms with E-state index in [1.165, 1.54) is 0 Å². The lowest BCUT2D eigenvalue weighted by Gasteiger charge is -2.04. The second-order valence-corrected chi connectivity index (χ2v) is 2.45. The first-order valence-corrected chi connectivity index (χ1v) is 3.40. The quantitative estimate of drug-likeness (QED) is 0.383. The van der Waals surface area contributed by atoms with Gasteiger partial charge in [-0.05, 0) is 0 Å². The number of hydrogen-bond donors (Lipinski definition) is 2. The lowest BCUT2D eigenvalue weighted by atomic mass is 10.2. The summed E-state index contributed by atoms with van der Waals surface area (Å²) in [5, 5.41) is 8.93. The van der Waals surface area contributed by atoms with Crippen molar-refractivity contribution in [2.24, 2.45) is 5.73 Å². The zero-order valence-corrected chi connectivity index (χ0v) is 6.23. The standard InChI is InChI=1S/C6H9NO5/c7-6(10)12-5(9)4-1-3(8)2-11-4/h3-4,8H,1-2H2,(H2,7,10). The van der Waals surface area contributed by atoms with E-state index in [1.54, 1.807) is 0 Å². The van der Waals surface area contributed by atoms with E-state index in [1.807, 2.05) is 0 Å². The summed E-state index contributed by atoms with van der Waals surface area (Å²) in [7, 11) is 0. The van der Waals surface area contributed by atoms with Gasteiger partial charge in [-0.3, -0.25) is 0 Å². The molecule has 0 aliphatic carbocycles. The van der Waals surface area contributed by atoms with Crippen molar-refractivity contribution in [3.05, 3.63) is 0 Å². The zero-order chi connectivity index (χ0) is 9.14. The molecule has 0 spiro atoms. The molecule has 3 N–H and O–H groups in total. The van der Waals surface area contributed by atoms with Crippen molar-refractivity contribution in [2.75, 3.05) is 6.61 Å². The van der Waals surface area contributed by atoms with Crippen molar-refractivity contribution in [3.8, 4) is 0 Å². The van der Waals surface area contributed by atoms with Crippen LogP contribution in [0.5, 0.6) is 0 Å². The Labute approximate surface area is 68.2 Å². The van der Waals surface area contributed by atoms with E-state index in [4.69, 9.17) is 9.84 Å². The van der Waals surface area contributed by atoms with Crippen LogP contribution < -0.4 is 5.73 Å². The molecule has 1 fully saturated rings. The molecule has 6 heteroatoms. The molecule has 1 amide bonds. The van der Waals surface area contributed by atoms with Gasteiger partial charge in [0.2, 0.25) is 0 Å². The van der Waals surface area contributed by atoms with Gasteiger partial charge in [0.15, 0.2) is 6.10 Å². The first-order chi connectivity index (χ1) is 5.59. The fraction of sp³-hybridized carbons (Fsp3) is 0.667. The minimum absolute atomic E-state index is 0.0819. The lowest BCUT2D eigenvalue weighted by Crippen LogP contribution is -2.28. The molecule has 2 unspecified atom stereocenters. The van der Waals surface area contributed by atoms with Gasteiger partial charge in [-0.2, -0.15) is 0 Å². The van der Waals surface area contributed by atoms with E-state index >= 15 is 0 Å². The fourth-order valence-electron chi connectivity index (χ4n) is 0.940. The van der Waals surface area contributed by atoms with Crippen LogP contribution >= 0.6 is 0 Å². The van der Waals surface area contributed by atoms with Gasteiger partial charge < -0.3 is 20.3 Å². The molecule has 1 heterocycles. The number of nitrogens with two attached hydrogens (primary N) is 1. The topological polar surface area (TPSA) is 98.9 Å². The normalized spacial score (nSPS) is 28.4. The van der Waals surface area contributed by atoms with Crippen molar-refractivity contribution >= 4 is 12.1 Å². The van der Waals surface area contributed by atoms with Crippen LogP contribution in [0.2, 0.25) is 0 Å². The largest absolute Gasteiger partial charge is 0.412 e. The first-order valence-electron chi connectivity index (χ1n) is 3.40. The molecule has 1 aliphatic rings. The van der Waals surface area contributed by atoms with Gasteiger partial charge >= 0.3 is 12.1 Å². The van der Waals surface area contributed by atoms with E-state index in [0.717, 1.165) is 0 Å². The number of esters is 1. The molecule has 0 saturated carbocycles. The Morgan fingerprint density at radius 1 is 1.58 bits per heavy atom. The van der Waals surface area contributed by atoms with Crippen LogP contribution in [0, 0.1) is 0 Å². The molecule has 0 bridgehead atoms. The third kappa shape index (κ3) is 2.18.